The third-order valence-electron chi connectivity index (χ3n) is 2.36. The quantitative estimate of drug-likeness (QED) is 0.694. The van der Waals surface area contributed by atoms with Gasteiger partial charge in [0, 0.05) is 0 Å². The minimum absolute atomic E-state index is 0.104. The van der Waals surface area contributed by atoms with Crippen LogP contribution >= 0.6 is 15.9 Å². The number of hydrogen-bond acceptors (Lipinski definition) is 4. The summed E-state index contributed by atoms with van der Waals surface area (Å²) in [7, 11) is 0. The molecule has 18 heavy (non-hydrogen) atoms. The number of ether oxygens (including phenoxy) is 1. The van der Waals surface area contributed by atoms with E-state index in [1.807, 2.05) is 6.07 Å². The lowest BCUT2D eigenvalue weighted by Gasteiger charge is -2.08. The maximum atomic E-state index is 11.8. The van der Waals surface area contributed by atoms with E-state index in [1.54, 1.807) is 25.1 Å². The average molecular weight is 311 g/mol. The number of aromatic nitrogens is 2. The lowest BCUT2D eigenvalue weighted by molar-refractivity contribution is -0.142. The largest absolute Gasteiger partial charge is 0.465 e. The fraction of sp³-hybridized carbons (Fsp3) is 0.250. The van der Waals surface area contributed by atoms with Crippen LogP contribution in [0.5, 0.6) is 0 Å². The lowest BCUT2D eigenvalue weighted by atomic mass is 10.2. The molecule has 0 saturated carbocycles. The molecule has 0 aliphatic heterocycles. The van der Waals surface area contributed by atoms with E-state index in [9.17, 15) is 9.59 Å². The Hall–Kier alpha value is -1.69. The average Bonchev–Trinajstić information content (AvgIpc) is 2.37. The molecule has 1 N–H and O–H groups in total. The molecule has 0 aliphatic rings. The first kappa shape index (κ1) is 12.8. The van der Waals surface area contributed by atoms with Gasteiger partial charge in [0.1, 0.15) is 5.69 Å². The van der Waals surface area contributed by atoms with Gasteiger partial charge in [0.05, 0.1) is 17.6 Å². The van der Waals surface area contributed by atoms with E-state index in [0.29, 0.717) is 11.0 Å². The van der Waals surface area contributed by atoms with Crippen molar-refractivity contribution < 1.29 is 9.53 Å². The van der Waals surface area contributed by atoms with Crippen LogP contribution in [0.25, 0.3) is 11.0 Å². The first-order valence-corrected chi connectivity index (χ1v) is 6.34. The SMILES string of the molecule is CCOC(=O)[C@@H](Br)c1nc2ccccc2[nH]c1=O. The Morgan fingerprint density at radius 1 is 1.50 bits per heavy atom. The second-order valence-electron chi connectivity index (χ2n) is 3.58. The van der Waals surface area contributed by atoms with Crippen LogP contribution < -0.4 is 5.56 Å². The Bertz CT molecular complexity index is 639. The number of fused-ring (bicyclic) bond motifs is 1. The van der Waals surface area contributed by atoms with Crippen LogP contribution in [-0.4, -0.2) is 22.5 Å². The summed E-state index contributed by atoms with van der Waals surface area (Å²) < 4.78 is 4.85. The normalized spacial score (nSPS) is 12.3. The number of aromatic amines is 1. The molecule has 94 valence electrons. The summed E-state index contributed by atoms with van der Waals surface area (Å²) in [5.74, 6) is -0.522. The standard InChI is InChI=1S/C12H11BrN2O3/c1-2-18-12(17)9(13)10-11(16)15-8-6-4-3-5-7(8)14-10/h3-6,9H,2H2,1H3,(H,15,16)/t9-/m0/s1. The molecule has 1 aromatic carbocycles. The molecule has 0 fully saturated rings. The van der Waals surface area contributed by atoms with Gasteiger partial charge < -0.3 is 9.72 Å². The van der Waals surface area contributed by atoms with Gasteiger partial charge in [0.2, 0.25) is 0 Å². The van der Waals surface area contributed by atoms with Gasteiger partial charge in [-0.15, -0.1) is 0 Å². The maximum Gasteiger partial charge on any atom is 0.326 e. The van der Waals surface area contributed by atoms with Crippen LogP contribution in [-0.2, 0) is 9.53 Å². The predicted molar refractivity (Wildman–Crippen MR) is 70.7 cm³/mol. The number of H-pyrrole nitrogens is 1. The smallest absolute Gasteiger partial charge is 0.326 e. The van der Waals surface area contributed by atoms with Gasteiger partial charge in [0.15, 0.2) is 4.83 Å². The Labute approximate surface area is 111 Å². The third kappa shape index (κ3) is 2.43. The first-order chi connectivity index (χ1) is 8.63. The number of hydrogen-bond donors (Lipinski definition) is 1. The highest BCUT2D eigenvalue weighted by atomic mass is 79.9. The van der Waals surface area contributed by atoms with E-state index in [-0.39, 0.29) is 12.3 Å². The number of nitrogens with one attached hydrogen (secondary N) is 1. The zero-order valence-electron chi connectivity index (χ0n) is 9.64. The number of carbonyl (C=O) groups is 1. The number of para-hydroxylation sites is 2. The van der Waals surface area contributed by atoms with Gasteiger partial charge in [-0.05, 0) is 19.1 Å². The van der Waals surface area contributed by atoms with Gasteiger partial charge in [-0.3, -0.25) is 9.59 Å². The van der Waals surface area contributed by atoms with Gasteiger partial charge in [-0.1, -0.05) is 28.1 Å². The molecule has 5 nitrogen and oxygen atoms in total. The summed E-state index contributed by atoms with van der Waals surface area (Å²) in [5, 5.41) is 0. The van der Waals surface area contributed by atoms with Crippen molar-refractivity contribution in [1.82, 2.24) is 9.97 Å². The Balaban J connectivity index is 2.47. The van der Waals surface area contributed by atoms with Crippen LogP contribution in [0.3, 0.4) is 0 Å². The molecule has 0 amide bonds. The second kappa shape index (κ2) is 5.30. The van der Waals surface area contributed by atoms with Crippen molar-refractivity contribution in [2.24, 2.45) is 0 Å². The van der Waals surface area contributed by atoms with Crippen molar-refractivity contribution in [3.05, 3.63) is 40.3 Å². The number of halogens is 1. The number of rotatable bonds is 3. The highest BCUT2D eigenvalue weighted by Gasteiger charge is 2.23. The van der Waals surface area contributed by atoms with E-state index in [2.05, 4.69) is 25.9 Å². The third-order valence-corrected chi connectivity index (χ3v) is 3.17. The van der Waals surface area contributed by atoms with E-state index < -0.39 is 16.4 Å². The summed E-state index contributed by atoms with van der Waals surface area (Å²) in [6.45, 7) is 1.96. The molecule has 2 aromatic rings. The Morgan fingerprint density at radius 3 is 2.94 bits per heavy atom. The van der Waals surface area contributed by atoms with Crippen molar-refractivity contribution in [3.63, 3.8) is 0 Å². The summed E-state index contributed by atoms with van der Waals surface area (Å²) >= 11 is 3.13. The van der Waals surface area contributed by atoms with Crippen LogP contribution in [0.2, 0.25) is 0 Å². The topological polar surface area (TPSA) is 72.0 Å². The van der Waals surface area contributed by atoms with Gasteiger partial charge in [-0.25, -0.2) is 4.98 Å². The Morgan fingerprint density at radius 2 is 2.22 bits per heavy atom. The van der Waals surface area contributed by atoms with Gasteiger partial charge >= 0.3 is 5.97 Å². The summed E-state index contributed by atoms with van der Waals surface area (Å²) in [6, 6.07) is 7.13. The molecular weight excluding hydrogens is 300 g/mol. The van der Waals surface area contributed by atoms with E-state index in [1.165, 1.54) is 0 Å². The maximum absolute atomic E-state index is 11.8. The number of esters is 1. The number of carbonyl (C=O) groups excluding carboxylic acids is 1. The number of nitrogens with zero attached hydrogens (tertiary/aromatic N) is 1. The molecule has 0 unspecified atom stereocenters. The second-order valence-corrected chi connectivity index (χ2v) is 4.50. The zero-order chi connectivity index (χ0) is 13.1. The minimum Gasteiger partial charge on any atom is -0.465 e. The van der Waals surface area contributed by atoms with Crippen molar-refractivity contribution in [1.29, 1.82) is 0 Å². The fourth-order valence-electron chi connectivity index (χ4n) is 1.54. The number of alkyl halides is 1. The molecular formula is C12H11BrN2O3. The molecule has 0 bridgehead atoms. The highest BCUT2D eigenvalue weighted by Crippen LogP contribution is 2.20. The molecule has 1 atom stereocenters. The van der Waals surface area contributed by atoms with Crippen molar-refractivity contribution in [3.8, 4) is 0 Å². The monoisotopic (exact) mass is 310 g/mol. The molecule has 1 aromatic heterocycles. The molecule has 0 saturated heterocycles. The highest BCUT2D eigenvalue weighted by molar-refractivity contribution is 9.09. The van der Waals surface area contributed by atoms with Gasteiger partial charge in [0.25, 0.3) is 5.56 Å². The Kier molecular flexibility index (Phi) is 3.76. The van der Waals surface area contributed by atoms with Crippen molar-refractivity contribution in [2.45, 2.75) is 11.8 Å². The predicted octanol–water partition coefficient (Wildman–Crippen LogP) is 1.92. The first-order valence-electron chi connectivity index (χ1n) is 5.43. The fourth-order valence-corrected chi connectivity index (χ4v) is 1.99. The van der Waals surface area contributed by atoms with Crippen LogP contribution in [0.4, 0.5) is 0 Å². The number of benzene rings is 1. The molecule has 0 spiro atoms. The molecule has 1 heterocycles. The van der Waals surface area contributed by atoms with Crippen molar-refractivity contribution >= 4 is 32.9 Å². The molecule has 0 radical (unpaired) electrons. The van der Waals surface area contributed by atoms with Crippen LogP contribution in [0.15, 0.2) is 29.1 Å². The van der Waals surface area contributed by atoms with Crippen molar-refractivity contribution in [2.75, 3.05) is 6.61 Å². The van der Waals surface area contributed by atoms with Crippen LogP contribution in [0.1, 0.15) is 17.4 Å². The lowest BCUT2D eigenvalue weighted by Crippen LogP contribution is -2.22. The summed E-state index contributed by atoms with van der Waals surface area (Å²) in [5.41, 5.74) is 0.964. The van der Waals surface area contributed by atoms with E-state index >= 15 is 0 Å². The zero-order valence-corrected chi connectivity index (χ0v) is 11.2. The van der Waals surface area contributed by atoms with Crippen LogP contribution in [0, 0.1) is 0 Å². The molecule has 2 rings (SSSR count). The summed E-state index contributed by atoms with van der Waals surface area (Å²) in [4.78, 5) is 29.4. The van der Waals surface area contributed by atoms with E-state index in [4.69, 9.17) is 4.74 Å². The molecule has 0 aliphatic carbocycles. The van der Waals surface area contributed by atoms with E-state index in [0.717, 1.165) is 0 Å². The minimum atomic E-state index is -0.856. The molecule has 6 heteroatoms. The summed E-state index contributed by atoms with van der Waals surface area (Å²) in [6.07, 6.45) is 0. The van der Waals surface area contributed by atoms with Gasteiger partial charge in [-0.2, -0.15) is 0 Å².